The summed E-state index contributed by atoms with van der Waals surface area (Å²) in [6, 6.07) is 9.19. The minimum absolute atomic E-state index is 0.367. The Morgan fingerprint density at radius 3 is 2.75 bits per heavy atom. The van der Waals surface area contributed by atoms with Crippen molar-refractivity contribution in [2.75, 3.05) is 58.5 Å². The van der Waals surface area contributed by atoms with Gasteiger partial charge in [0.2, 0.25) is 0 Å². The Morgan fingerprint density at radius 2 is 2.00 bits per heavy atom. The molecule has 1 atom stereocenters. The van der Waals surface area contributed by atoms with Gasteiger partial charge in [-0.15, -0.1) is 0 Å². The fourth-order valence-corrected chi connectivity index (χ4v) is 4.19. The van der Waals surface area contributed by atoms with E-state index in [2.05, 4.69) is 51.3 Å². The van der Waals surface area contributed by atoms with Gasteiger partial charge in [-0.05, 0) is 44.2 Å². The van der Waals surface area contributed by atoms with Crippen LogP contribution >= 0.6 is 0 Å². The molecule has 1 fully saturated rings. The summed E-state index contributed by atoms with van der Waals surface area (Å²) in [6.07, 6.45) is 4.60. The summed E-state index contributed by atoms with van der Waals surface area (Å²) in [4.78, 5) is 9.39. The molecule has 3 rings (SSSR count). The van der Waals surface area contributed by atoms with Crippen molar-refractivity contribution >= 4 is 11.6 Å². The lowest BCUT2D eigenvalue weighted by Gasteiger charge is -2.35. The first-order valence-electron chi connectivity index (χ1n) is 10.6. The van der Waals surface area contributed by atoms with E-state index in [4.69, 9.17) is 9.47 Å². The fraction of sp³-hybridized carbons (Fsp3) is 0.682. The van der Waals surface area contributed by atoms with Crippen LogP contribution in [0.2, 0.25) is 0 Å². The van der Waals surface area contributed by atoms with Gasteiger partial charge in [-0.3, -0.25) is 4.99 Å². The number of nitrogens with one attached hydrogen (secondary N) is 1. The molecular formula is C22H36N4O2. The van der Waals surface area contributed by atoms with Crippen LogP contribution in [0.25, 0.3) is 0 Å². The number of likely N-dealkylation sites (tertiary alicyclic amines) is 1. The Kier molecular flexibility index (Phi) is 7.98. The predicted octanol–water partition coefficient (Wildman–Crippen LogP) is 2.53. The van der Waals surface area contributed by atoms with E-state index in [0.29, 0.717) is 12.1 Å². The van der Waals surface area contributed by atoms with Crippen LogP contribution < -0.4 is 10.2 Å². The Labute approximate surface area is 169 Å². The van der Waals surface area contributed by atoms with Crippen molar-refractivity contribution in [3.8, 4) is 0 Å². The molecule has 0 bridgehead atoms. The topological polar surface area (TPSA) is 49.3 Å². The zero-order valence-corrected chi connectivity index (χ0v) is 17.7. The number of methoxy groups -OCH3 is 1. The average molecular weight is 389 g/mol. The van der Waals surface area contributed by atoms with E-state index in [9.17, 15) is 0 Å². The van der Waals surface area contributed by atoms with Crippen LogP contribution in [0.4, 0.5) is 5.69 Å². The normalized spacial score (nSPS) is 19.0. The number of nitrogens with zero attached hydrogens (tertiary/aromatic N) is 3. The second-order valence-corrected chi connectivity index (χ2v) is 7.75. The summed E-state index contributed by atoms with van der Waals surface area (Å²) in [5.41, 5.74) is 2.85. The highest BCUT2D eigenvalue weighted by Gasteiger charge is 2.25. The summed E-state index contributed by atoms with van der Waals surface area (Å²) in [6.45, 7) is 7.85. The van der Waals surface area contributed by atoms with E-state index in [1.807, 2.05) is 7.05 Å². The maximum absolute atomic E-state index is 5.97. The number of guanidine groups is 1. The first-order valence-corrected chi connectivity index (χ1v) is 10.6. The molecule has 2 aliphatic heterocycles. The van der Waals surface area contributed by atoms with Crippen LogP contribution in [0.3, 0.4) is 0 Å². The molecule has 0 radical (unpaired) electrons. The summed E-state index contributed by atoms with van der Waals surface area (Å²) >= 11 is 0. The molecule has 0 amide bonds. The zero-order chi connectivity index (χ0) is 19.8. The van der Waals surface area contributed by atoms with Crippen LogP contribution in [0.15, 0.2) is 29.3 Å². The third-order valence-corrected chi connectivity index (χ3v) is 5.81. The Morgan fingerprint density at radius 1 is 1.21 bits per heavy atom. The lowest BCUT2D eigenvalue weighted by Crippen LogP contribution is -2.50. The smallest absolute Gasteiger partial charge is 0.193 e. The van der Waals surface area contributed by atoms with E-state index >= 15 is 0 Å². The molecule has 6 nitrogen and oxygen atoms in total. The van der Waals surface area contributed by atoms with Gasteiger partial charge in [0.25, 0.3) is 0 Å². The number of benzene rings is 1. The Bertz CT molecular complexity index is 629. The third kappa shape index (κ3) is 5.39. The largest absolute Gasteiger partial charge is 0.385 e. The number of fused-ring (bicyclic) bond motifs is 1. The zero-order valence-electron chi connectivity index (χ0n) is 17.7. The standard InChI is InChI=1S/C22H36N4O2/c1-18(26-14-9-19-7-4-5-8-21(19)26)17-24-22(23-2)25-12-10-20(11-13-25)28-16-6-15-27-3/h4-5,7-8,18,20H,6,9-17H2,1-3H3,(H,23,24). The van der Waals surface area contributed by atoms with Crippen molar-refractivity contribution < 1.29 is 9.47 Å². The van der Waals surface area contributed by atoms with Crippen LogP contribution in [0, 0.1) is 0 Å². The van der Waals surface area contributed by atoms with Crippen molar-refractivity contribution in [2.24, 2.45) is 4.99 Å². The van der Waals surface area contributed by atoms with Gasteiger partial charge >= 0.3 is 0 Å². The van der Waals surface area contributed by atoms with Gasteiger partial charge in [-0.25, -0.2) is 0 Å². The number of hydrogen-bond acceptors (Lipinski definition) is 4. The lowest BCUT2D eigenvalue weighted by molar-refractivity contribution is 0.00990. The molecule has 0 aliphatic carbocycles. The quantitative estimate of drug-likeness (QED) is 0.421. The summed E-state index contributed by atoms with van der Waals surface area (Å²) in [7, 11) is 3.62. The van der Waals surface area contributed by atoms with Crippen LogP contribution in [-0.4, -0.2) is 76.6 Å². The molecule has 156 valence electrons. The SMILES string of the molecule is CN=C(NCC(C)N1CCc2ccccc21)N1CCC(OCCCOC)CC1. The van der Waals surface area contributed by atoms with Crippen molar-refractivity contribution in [1.29, 1.82) is 0 Å². The van der Waals surface area contributed by atoms with Crippen molar-refractivity contribution in [2.45, 2.75) is 44.8 Å². The minimum atomic E-state index is 0.367. The maximum atomic E-state index is 5.97. The lowest BCUT2D eigenvalue weighted by atomic mass is 10.1. The molecule has 1 N–H and O–H groups in total. The van der Waals surface area contributed by atoms with E-state index in [0.717, 1.165) is 71.0 Å². The van der Waals surface area contributed by atoms with E-state index in [1.165, 1.54) is 11.3 Å². The van der Waals surface area contributed by atoms with Gasteiger partial charge in [0.15, 0.2) is 5.96 Å². The fourth-order valence-electron chi connectivity index (χ4n) is 4.19. The molecule has 28 heavy (non-hydrogen) atoms. The predicted molar refractivity (Wildman–Crippen MR) is 115 cm³/mol. The van der Waals surface area contributed by atoms with Gasteiger partial charge in [0, 0.05) is 65.3 Å². The van der Waals surface area contributed by atoms with Crippen molar-refractivity contribution in [3.05, 3.63) is 29.8 Å². The maximum Gasteiger partial charge on any atom is 0.193 e. The highest BCUT2D eigenvalue weighted by molar-refractivity contribution is 5.80. The van der Waals surface area contributed by atoms with Gasteiger partial charge in [-0.2, -0.15) is 0 Å². The first-order chi connectivity index (χ1) is 13.7. The average Bonchev–Trinajstić information content (AvgIpc) is 3.17. The van der Waals surface area contributed by atoms with Gasteiger partial charge in [-0.1, -0.05) is 18.2 Å². The number of rotatable bonds is 8. The second-order valence-electron chi connectivity index (χ2n) is 7.75. The summed E-state index contributed by atoms with van der Waals surface area (Å²) < 4.78 is 11.1. The molecule has 2 heterocycles. The van der Waals surface area contributed by atoms with Crippen LogP contribution in [0.1, 0.15) is 31.7 Å². The van der Waals surface area contributed by atoms with Gasteiger partial charge in [0.1, 0.15) is 0 Å². The van der Waals surface area contributed by atoms with Crippen molar-refractivity contribution in [1.82, 2.24) is 10.2 Å². The van der Waals surface area contributed by atoms with Gasteiger partial charge in [0.05, 0.1) is 6.10 Å². The van der Waals surface area contributed by atoms with Gasteiger partial charge < -0.3 is 24.6 Å². The number of hydrogen-bond donors (Lipinski definition) is 1. The molecule has 0 saturated carbocycles. The highest BCUT2D eigenvalue weighted by Crippen LogP contribution is 2.28. The molecule has 0 spiro atoms. The Balaban J connectivity index is 1.42. The Hall–Kier alpha value is -1.79. The highest BCUT2D eigenvalue weighted by atomic mass is 16.5. The van der Waals surface area contributed by atoms with E-state index in [-0.39, 0.29) is 0 Å². The third-order valence-electron chi connectivity index (χ3n) is 5.81. The molecule has 1 aromatic carbocycles. The molecule has 1 saturated heterocycles. The number of para-hydroxylation sites is 1. The van der Waals surface area contributed by atoms with Crippen molar-refractivity contribution in [3.63, 3.8) is 0 Å². The molecule has 0 aromatic heterocycles. The number of aliphatic imine (C=N–C) groups is 1. The number of ether oxygens (including phenoxy) is 2. The first kappa shape index (κ1) is 20.9. The minimum Gasteiger partial charge on any atom is -0.385 e. The monoisotopic (exact) mass is 388 g/mol. The van der Waals surface area contributed by atoms with Crippen LogP contribution in [-0.2, 0) is 15.9 Å². The van der Waals surface area contributed by atoms with E-state index in [1.54, 1.807) is 7.11 Å². The molecule has 6 heteroatoms. The molecule has 1 aromatic rings. The number of piperidine rings is 1. The second kappa shape index (κ2) is 10.7. The molecule has 1 unspecified atom stereocenters. The summed E-state index contributed by atoms with van der Waals surface area (Å²) in [5.74, 6) is 1.01. The molecule has 2 aliphatic rings. The van der Waals surface area contributed by atoms with Crippen LogP contribution in [0.5, 0.6) is 0 Å². The molecular weight excluding hydrogens is 352 g/mol. The van der Waals surface area contributed by atoms with E-state index < -0.39 is 0 Å². The number of anilines is 1. The summed E-state index contributed by atoms with van der Waals surface area (Å²) in [5, 5.41) is 3.60.